The second kappa shape index (κ2) is 4.26. The number of hydrogen-bond donors (Lipinski definition) is 1. The first-order valence-corrected chi connectivity index (χ1v) is 4.22. The van der Waals surface area contributed by atoms with Gasteiger partial charge in [0, 0.05) is 6.92 Å². The van der Waals surface area contributed by atoms with Crippen molar-refractivity contribution in [1.29, 1.82) is 0 Å². The van der Waals surface area contributed by atoms with Crippen molar-refractivity contribution in [2.45, 2.75) is 38.4 Å². The molecule has 0 amide bonds. The lowest BCUT2D eigenvalue weighted by molar-refractivity contribution is -0.144. The third-order valence-corrected chi connectivity index (χ3v) is 1.85. The van der Waals surface area contributed by atoms with Gasteiger partial charge in [-0.25, -0.2) is 0 Å². The first-order chi connectivity index (χ1) is 5.68. The van der Waals surface area contributed by atoms with Crippen molar-refractivity contribution >= 4 is 5.97 Å². The largest absolute Gasteiger partial charge is 0.458 e. The number of carbonyl (C=O) groups is 1. The maximum atomic E-state index is 10.6. The van der Waals surface area contributed by atoms with E-state index in [2.05, 4.69) is 0 Å². The number of rotatable bonds is 1. The summed E-state index contributed by atoms with van der Waals surface area (Å²) in [4.78, 5) is 10.6. The van der Waals surface area contributed by atoms with Gasteiger partial charge in [-0.1, -0.05) is 6.08 Å². The highest BCUT2D eigenvalue weighted by atomic mass is 16.5. The molecule has 1 N–H and O–H groups in total. The maximum Gasteiger partial charge on any atom is 0.303 e. The highest BCUT2D eigenvalue weighted by molar-refractivity contribution is 5.66. The van der Waals surface area contributed by atoms with Crippen LogP contribution in [0, 0.1) is 0 Å². The molecular weight excluding hydrogens is 156 g/mol. The zero-order valence-electron chi connectivity index (χ0n) is 7.19. The summed E-state index contributed by atoms with van der Waals surface area (Å²) in [6.45, 7) is 1.40. The number of esters is 1. The molecule has 1 aliphatic rings. The van der Waals surface area contributed by atoms with Crippen LogP contribution in [0.5, 0.6) is 0 Å². The molecule has 0 aliphatic heterocycles. The molecule has 0 unspecified atom stereocenters. The van der Waals surface area contributed by atoms with Crippen molar-refractivity contribution in [3.05, 3.63) is 12.2 Å². The van der Waals surface area contributed by atoms with E-state index in [1.54, 1.807) is 12.2 Å². The number of aliphatic hydroxyl groups excluding tert-OH is 1. The molecule has 3 nitrogen and oxygen atoms in total. The minimum absolute atomic E-state index is 0.139. The lowest BCUT2D eigenvalue weighted by Crippen LogP contribution is -2.12. The van der Waals surface area contributed by atoms with Gasteiger partial charge >= 0.3 is 5.97 Å². The summed E-state index contributed by atoms with van der Waals surface area (Å²) in [5, 5.41) is 9.21. The van der Waals surface area contributed by atoms with E-state index in [0.717, 1.165) is 19.3 Å². The van der Waals surface area contributed by atoms with Crippen LogP contribution >= 0.6 is 0 Å². The van der Waals surface area contributed by atoms with Crippen LogP contribution in [0.4, 0.5) is 0 Å². The summed E-state index contributed by atoms with van der Waals surface area (Å²) in [5.41, 5.74) is 0. The summed E-state index contributed by atoms with van der Waals surface area (Å²) in [5.74, 6) is -0.263. The molecule has 3 heteroatoms. The monoisotopic (exact) mass is 170 g/mol. The number of carbonyl (C=O) groups excluding carboxylic acids is 1. The first kappa shape index (κ1) is 9.26. The van der Waals surface area contributed by atoms with Gasteiger partial charge < -0.3 is 9.84 Å². The van der Waals surface area contributed by atoms with Crippen LogP contribution in [0.2, 0.25) is 0 Å². The Kier molecular flexibility index (Phi) is 3.29. The Balaban J connectivity index is 2.43. The fourth-order valence-electron chi connectivity index (χ4n) is 1.28. The van der Waals surface area contributed by atoms with Gasteiger partial charge in [-0.3, -0.25) is 4.79 Å². The highest BCUT2D eigenvalue weighted by Crippen LogP contribution is 2.14. The standard InChI is InChI=1S/C9H14O3/c1-7(10)12-9-4-2-3-8(11)5-6-9/h5-6,8-9,11H,2-4H2,1H3/t8-,9+/m1/s1. The zero-order chi connectivity index (χ0) is 8.97. The van der Waals surface area contributed by atoms with Gasteiger partial charge in [0.2, 0.25) is 0 Å². The summed E-state index contributed by atoms with van der Waals surface area (Å²) in [6, 6.07) is 0. The van der Waals surface area contributed by atoms with E-state index >= 15 is 0 Å². The van der Waals surface area contributed by atoms with E-state index < -0.39 is 0 Å². The van der Waals surface area contributed by atoms with Crippen molar-refractivity contribution in [3.63, 3.8) is 0 Å². The van der Waals surface area contributed by atoms with Gasteiger partial charge in [0.1, 0.15) is 6.10 Å². The Labute approximate surface area is 72.0 Å². The van der Waals surface area contributed by atoms with Crippen LogP contribution in [0.1, 0.15) is 26.2 Å². The van der Waals surface area contributed by atoms with E-state index in [9.17, 15) is 9.90 Å². The molecule has 0 saturated carbocycles. The average molecular weight is 170 g/mol. The molecule has 0 heterocycles. The summed E-state index contributed by atoms with van der Waals surface area (Å²) in [7, 11) is 0. The van der Waals surface area contributed by atoms with Crippen LogP contribution in [-0.4, -0.2) is 23.3 Å². The van der Waals surface area contributed by atoms with E-state index in [4.69, 9.17) is 4.74 Å². The van der Waals surface area contributed by atoms with Gasteiger partial charge in [0.15, 0.2) is 0 Å². The fourth-order valence-corrected chi connectivity index (χ4v) is 1.28. The minimum Gasteiger partial charge on any atom is -0.458 e. The first-order valence-electron chi connectivity index (χ1n) is 4.22. The molecule has 2 atom stereocenters. The lowest BCUT2D eigenvalue weighted by Gasteiger charge is -2.09. The maximum absolute atomic E-state index is 10.6. The molecule has 68 valence electrons. The quantitative estimate of drug-likeness (QED) is 0.472. The second-order valence-electron chi connectivity index (χ2n) is 3.03. The topological polar surface area (TPSA) is 46.5 Å². The van der Waals surface area contributed by atoms with Crippen LogP contribution in [0.15, 0.2) is 12.2 Å². The summed E-state index contributed by atoms with van der Waals surface area (Å²) >= 11 is 0. The fraction of sp³-hybridized carbons (Fsp3) is 0.667. The second-order valence-corrected chi connectivity index (χ2v) is 3.03. The van der Waals surface area contributed by atoms with Crippen LogP contribution in [-0.2, 0) is 9.53 Å². The molecule has 0 saturated heterocycles. The molecule has 0 aromatic carbocycles. The van der Waals surface area contributed by atoms with E-state index in [1.807, 2.05) is 0 Å². The Bertz CT molecular complexity index is 186. The van der Waals surface area contributed by atoms with Crippen molar-refractivity contribution < 1.29 is 14.6 Å². The third kappa shape index (κ3) is 3.05. The molecule has 0 spiro atoms. The van der Waals surface area contributed by atoms with E-state index in [0.29, 0.717) is 0 Å². The van der Waals surface area contributed by atoms with Gasteiger partial charge in [0.05, 0.1) is 6.10 Å². The SMILES string of the molecule is CC(=O)O[C@@H]1C=C[C@H](O)CCC1. The van der Waals surface area contributed by atoms with Gasteiger partial charge in [-0.05, 0) is 25.3 Å². The van der Waals surface area contributed by atoms with Crippen LogP contribution in [0.25, 0.3) is 0 Å². The van der Waals surface area contributed by atoms with Crippen molar-refractivity contribution in [3.8, 4) is 0 Å². The van der Waals surface area contributed by atoms with E-state index in [1.165, 1.54) is 6.92 Å². The summed E-state index contributed by atoms with van der Waals surface area (Å²) in [6.07, 6.45) is 5.41. The van der Waals surface area contributed by atoms with Crippen LogP contribution < -0.4 is 0 Å². The van der Waals surface area contributed by atoms with Crippen LogP contribution in [0.3, 0.4) is 0 Å². The molecular formula is C9H14O3. The number of ether oxygens (including phenoxy) is 1. The molecule has 1 aliphatic carbocycles. The Morgan fingerprint density at radius 2 is 2.25 bits per heavy atom. The van der Waals surface area contributed by atoms with Gasteiger partial charge in [0.25, 0.3) is 0 Å². The van der Waals surface area contributed by atoms with Crippen molar-refractivity contribution in [1.82, 2.24) is 0 Å². The highest BCUT2D eigenvalue weighted by Gasteiger charge is 2.13. The van der Waals surface area contributed by atoms with Crippen molar-refractivity contribution in [2.24, 2.45) is 0 Å². The van der Waals surface area contributed by atoms with Gasteiger partial charge in [-0.15, -0.1) is 0 Å². The lowest BCUT2D eigenvalue weighted by atomic mass is 10.2. The van der Waals surface area contributed by atoms with Gasteiger partial charge in [-0.2, -0.15) is 0 Å². The van der Waals surface area contributed by atoms with E-state index in [-0.39, 0.29) is 18.2 Å². The summed E-state index contributed by atoms with van der Waals surface area (Å²) < 4.78 is 4.98. The van der Waals surface area contributed by atoms with Crippen molar-refractivity contribution in [2.75, 3.05) is 0 Å². The Morgan fingerprint density at radius 3 is 2.92 bits per heavy atom. The molecule has 1 rings (SSSR count). The minimum atomic E-state index is -0.370. The average Bonchev–Trinajstić information content (AvgIpc) is 2.15. The molecule has 12 heavy (non-hydrogen) atoms. The predicted molar refractivity (Wildman–Crippen MR) is 44.6 cm³/mol. The normalized spacial score (nSPS) is 29.5. The predicted octanol–water partition coefficient (Wildman–Crippen LogP) is 1.02. The molecule has 0 radical (unpaired) electrons. The molecule has 0 aromatic heterocycles. The number of hydrogen-bond acceptors (Lipinski definition) is 3. The smallest absolute Gasteiger partial charge is 0.303 e. The zero-order valence-corrected chi connectivity index (χ0v) is 7.19. The molecule has 0 bridgehead atoms. The Hall–Kier alpha value is -0.830. The third-order valence-electron chi connectivity index (χ3n) is 1.85. The molecule has 0 fully saturated rings. The number of aliphatic hydroxyl groups is 1. The Morgan fingerprint density at radius 1 is 1.50 bits per heavy atom. The molecule has 0 aromatic rings.